The molecule has 0 aliphatic rings. The van der Waals surface area contributed by atoms with E-state index in [4.69, 9.17) is 10.5 Å². The number of amides is 1. The van der Waals surface area contributed by atoms with Crippen LogP contribution in [0.15, 0.2) is 42.5 Å². The molecule has 0 radical (unpaired) electrons. The van der Waals surface area contributed by atoms with E-state index >= 15 is 0 Å². The zero-order chi connectivity index (χ0) is 14.5. The maximum atomic E-state index is 12.0. The van der Waals surface area contributed by atoms with Crippen LogP contribution in [0.2, 0.25) is 0 Å². The van der Waals surface area contributed by atoms with Gasteiger partial charge in [0.2, 0.25) is 0 Å². The van der Waals surface area contributed by atoms with E-state index < -0.39 is 0 Å². The quantitative estimate of drug-likeness (QED) is 0.893. The standard InChI is InChI=1S/C15H17N3O2/c1-10(11-6-8-12(20-2)9-7-11)17-15(19)13-4-3-5-14(16)18-13/h3-10H,1-2H3,(H2,16,18)(H,17,19). The molecule has 0 bridgehead atoms. The van der Waals surface area contributed by atoms with Crippen molar-refractivity contribution in [1.29, 1.82) is 0 Å². The number of anilines is 1. The van der Waals surface area contributed by atoms with Crippen LogP contribution >= 0.6 is 0 Å². The lowest BCUT2D eigenvalue weighted by molar-refractivity contribution is 0.0935. The fraction of sp³-hybridized carbons (Fsp3) is 0.200. The predicted molar refractivity (Wildman–Crippen MR) is 77.5 cm³/mol. The molecule has 1 aromatic carbocycles. The summed E-state index contributed by atoms with van der Waals surface area (Å²) in [5.74, 6) is 0.861. The molecule has 0 saturated heterocycles. The van der Waals surface area contributed by atoms with Gasteiger partial charge in [0, 0.05) is 0 Å². The van der Waals surface area contributed by atoms with Gasteiger partial charge in [0.05, 0.1) is 13.2 Å². The van der Waals surface area contributed by atoms with E-state index in [0.29, 0.717) is 11.5 Å². The number of rotatable bonds is 4. The Bertz CT molecular complexity index is 596. The van der Waals surface area contributed by atoms with E-state index in [9.17, 15) is 4.79 Å². The Morgan fingerprint density at radius 1 is 1.25 bits per heavy atom. The first-order valence-corrected chi connectivity index (χ1v) is 6.27. The average molecular weight is 271 g/mol. The first-order chi connectivity index (χ1) is 9.60. The van der Waals surface area contributed by atoms with Gasteiger partial charge in [0.15, 0.2) is 0 Å². The normalized spacial score (nSPS) is 11.7. The second kappa shape index (κ2) is 6.06. The van der Waals surface area contributed by atoms with Gasteiger partial charge < -0.3 is 15.8 Å². The number of benzene rings is 1. The Hall–Kier alpha value is -2.56. The number of hydrogen-bond acceptors (Lipinski definition) is 4. The summed E-state index contributed by atoms with van der Waals surface area (Å²) in [6, 6.07) is 12.4. The van der Waals surface area contributed by atoms with Gasteiger partial charge >= 0.3 is 0 Å². The van der Waals surface area contributed by atoms with Crippen molar-refractivity contribution in [1.82, 2.24) is 10.3 Å². The number of carbonyl (C=O) groups excluding carboxylic acids is 1. The van der Waals surface area contributed by atoms with Crippen LogP contribution in [0, 0.1) is 0 Å². The third kappa shape index (κ3) is 3.26. The molecule has 3 N–H and O–H groups in total. The third-order valence-corrected chi connectivity index (χ3v) is 2.97. The predicted octanol–water partition coefficient (Wildman–Crippen LogP) is 2.16. The number of carbonyl (C=O) groups is 1. The molecule has 0 aliphatic heterocycles. The van der Waals surface area contributed by atoms with Crippen LogP contribution in [0.25, 0.3) is 0 Å². The second-order valence-electron chi connectivity index (χ2n) is 4.42. The Morgan fingerprint density at radius 2 is 1.95 bits per heavy atom. The van der Waals surface area contributed by atoms with Gasteiger partial charge in [-0.3, -0.25) is 4.79 Å². The highest BCUT2D eigenvalue weighted by molar-refractivity contribution is 5.92. The Kier molecular flexibility index (Phi) is 4.20. The lowest BCUT2D eigenvalue weighted by atomic mass is 10.1. The molecule has 0 saturated carbocycles. The van der Waals surface area contributed by atoms with Crippen molar-refractivity contribution in [2.24, 2.45) is 0 Å². The minimum absolute atomic E-state index is 0.128. The van der Waals surface area contributed by atoms with Crippen molar-refractivity contribution in [3.8, 4) is 5.75 Å². The lowest BCUT2D eigenvalue weighted by Gasteiger charge is -2.14. The fourth-order valence-electron chi connectivity index (χ4n) is 1.82. The molecule has 1 heterocycles. The number of pyridine rings is 1. The Labute approximate surface area is 117 Å². The molecule has 2 rings (SSSR count). The molecule has 1 unspecified atom stereocenters. The summed E-state index contributed by atoms with van der Waals surface area (Å²) in [7, 11) is 1.62. The minimum atomic E-state index is -0.249. The summed E-state index contributed by atoms with van der Waals surface area (Å²) in [6.07, 6.45) is 0. The molecule has 5 heteroatoms. The number of nitrogen functional groups attached to an aromatic ring is 1. The molecule has 0 aliphatic carbocycles. The molecule has 1 aromatic heterocycles. The SMILES string of the molecule is COc1ccc(C(C)NC(=O)c2cccc(N)n2)cc1. The van der Waals surface area contributed by atoms with Gasteiger partial charge in [0.1, 0.15) is 17.3 Å². The highest BCUT2D eigenvalue weighted by Crippen LogP contribution is 2.17. The number of methoxy groups -OCH3 is 1. The monoisotopic (exact) mass is 271 g/mol. The largest absolute Gasteiger partial charge is 0.497 e. The average Bonchev–Trinajstić information content (AvgIpc) is 2.47. The van der Waals surface area contributed by atoms with E-state index in [1.165, 1.54) is 0 Å². The minimum Gasteiger partial charge on any atom is -0.497 e. The molecule has 20 heavy (non-hydrogen) atoms. The zero-order valence-electron chi connectivity index (χ0n) is 11.5. The van der Waals surface area contributed by atoms with Crippen molar-refractivity contribution in [3.05, 3.63) is 53.7 Å². The summed E-state index contributed by atoms with van der Waals surface area (Å²) >= 11 is 0. The van der Waals surface area contributed by atoms with E-state index in [2.05, 4.69) is 10.3 Å². The number of nitrogens with zero attached hydrogens (tertiary/aromatic N) is 1. The van der Waals surface area contributed by atoms with Crippen molar-refractivity contribution in [2.75, 3.05) is 12.8 Å². The van der Waals surface area contributed by atoms with Crippen LogP contribution in [0.1, 0.15) is 29.0 Å². The maximum absolute atomic E-state index is 12.0. The molecule has 0 fully saturated rings. The fourth-order valence-corrected chi connectivity index (χ4v) is 1.82. The Balaban J connectivity index is 2.06. The highest BCUT2D eigenvalue weighted by atomic mass is 16.5. The number of nitrogens with two attached hydrogens (primary N) is 1. The maximum Gasteiger partial charge on any atom is 0.270 e. The van der Waals surface area contributed by atoms with Crippen LogP contribution < -0.4 is 15.8 Å². The summed E-state index contributed by atoms with van der Waals surface area (Å²) < 4.78 is 5.10. The lowest BCUT2D eigenvalue weighted by Crippen LogP contribution is -2.27. The molecule has 104 valence electrons. The number of aromatic nitrogens is 1. The summed E-state index contributed by atoms with van der Waals surface area (Å²) in [4.78, 5) is 16.0. The van der Waals surface area contributed by atoms with Crippen LogP contribution in [0.3, 0.4) is 0 Å². The van der Waals surface area contributed by atoms with Gasteiger partial charge in [-0.2, -0.15) is 0 Å². The topological polar surface area (TPSA) is 77.2 Å². The molecular formula is C15H17N3O2. The molecule has 5 nitrogen and oxygen atoms in total. The second-order valence-corrected chi connectivity index (χ2v) is 4.42. The van der Waals surface area contributed by atoms with E-state index in [1.54, 1.807) is 25.3 Å². The van der Waals surface area contributed by atoms with E-state index in [-0.39, 0.29) is 11.9 Å². The van der Waals surface area contributed by atoms with Gasteiger partial charge in [-0.05, 0) is 36.8 Å². The van der Waals surface area contributed by atoms with E-state index in [0.717, 1.165) is 11.3 Å². The van der Waals surface area contributed by atoms with Crippen molar-refractivity contribution < 1.29 is 9.53 Å². The van der Waals surface area contributed by atoms with Gasteiger partial charge in [-0.25, -0.2) is 4.98 Å². The zero-order valence-corrected chi connectivity index (χ0v) is 11.5. The smallest absolute Gasteiger partial charge is 0.270 e. The van der Waals surface area contributed by atoms with Crippen LogP contribution in [0.4, 0.5) is 5.82 Å². The number of nitrogens with one attached hydrogen (secondary N) is 1. The van der Waals surface area contributed by atoms with Gasteiger partial charge in [-0.1, -0.05) is 18.2 Å². The molecule has 2 aromatic rings. The van der Waals surface area contributed by atoms with Crippen LogP contribution in [-0.2, 0) is 0 Å². The first kappa shape index (κ1) is 13.9. The number of ether oxygens (including phenoxy) is 1. The molecular weight excluding hydrogens is 254 g/mol. The first-order valence-electron chi connectivity index (χ1n) is 6.27. The highest BCUT2D eigenvalue weighted by Gasteiger charge is 2.12. The van der Waals surface area contributed by atoms with Crippen molar-refractivity contribution in [2.45, 2.75) is 13.0 Å². The summed E-state index contributed by atoms with van der Waals surface area (Å²) in [6.45, 7) is 1.91. The van der Waals surface area contributed by atoms with Gasteiger partial charge in [-0.15, -0.1) is 0 Å². The Morgan fingerprint density at radius 3 is 2.55 bits per heavy atom. The molecule has 0 spiro atoms. The van der Waals surface area contributed by atoms with Crippen molar-refractivity contribution in [3.63, 3.8) is 0 Å². The van der Waals surface area contributed by atoms with Crippen LogP contribution in [-0.4, -0.2) is 18.0 Å². The summed E-state index contributed by atoms with van der Waals surface area (Å²) in [5, 5.41) is 2.88. The molecule has 1 atom stereocenters. The number of hydrogen-bond donors (Lipinski definition) is 2. The van der Waals surface area contributed by atoms with E-state index in [1.807, 2.05) is 31.2 Å². The van der Waals surface area contributed by atoms with Crippen molar-refractivity contribution >= 4 is 11.7 Å². The van der Waals surface area contributed by atoms with Gasteiger partial charge in [0.25, 0.3) is 5.91 Å². The van der Waals surface area contributed by atoms with Crippen LogP contribution in [0.5, 0.6) is 5.75 Å². The molecule has 1 amide bonds. The third-order valence-electron chi connectivity index (χ3n) is 2.97. The summed E-state index contributed by atoms with van der Waals surface area (Å²) in [5.41, 5.74) is 6.86.